The predicted octanol–water partition coefficient (Wildman–Crippen LogP) is -0.0185. The minimum atomic E-state index is -1.02. The van der Waals surface area contributed by atoms with Crippen LogP contribution in [0.5, 0.6) is 0 Å². The van der Waals surface area contributed by atoms with Gasteiger partial charge in [-0.2, -0.15) is 5.10 Å². The van der Waals surface area contributed by atoms with Crippen LogP contribution in [0.4, 0.5) is 0 Å². The maximum Gasteiger partial charge on any atom is 0.339 e. The molecule has 0 bridgehead atoms. The first kappa shape index (κ1) is 8.49. The molecule has 1 aromatic heterocycles. The number of carbonyl (C=O) groups excluding carboxylic acids is 1. The van der Waals surface area contributed by atoms with Crippen LogP contribution in [-0.2, 0) is 11.5 Å². The maximum atomic E-state index is 10.7. The normalized spacial score (nSPS) is 13.9. The van der Waals surface area contributed by atoms with Gasteiger partial charge in [-0.05, 0) is 6.08 Å². The number of carboxylic acids is 1. The third kappa shape index (κ3) is 1.17. The zero-order chi connectivity index (χ0) is 10.1. The van der Waals surface area contributed by atoms with Gasteiger partial charge in [0.25, 0.3) is 0 Å². The summed E-state index contributed by atoms with van der Waals surface area (Å²) in [6.07, 6.45) is 5.00. The molecule has 0 spiro atoms. The largest absolute Gasteiger partial charge is 0.478 e. The van der Waals surface area contributed by atoms with Crippen molar-refractivity contribution in [3.05, 3.63) is 23.7 Å². The van der Waals surface area contributed by atoms with E-state index < -0.39 is 5.97 Å². The minimum Gasteiger partial charge on any atom is -0.478 e. The molecule has 0 aromatic carbocycles. The second-order valence-corrected chi connectivity index (χ2v) is 2.82. The molecule has 1 amide bonds. The first-order chi connectivity index (χ1) is 6.72. The molecule has 6 heteroatoms. The Balaban J connectivity index is 2.42. The van der Waals surface area contributed by atoms with E-state index in [1.54, 1.807) is 6.08 Å². The number of aromatic nitrogens is 2. The fourth-order valence-corrected chi connectivity index (χ4v) is 1.28. The highest BCUT2D eigenvalue weighted by atomic mass is 16.4. The first-order valence-corrected chi connectivity index (χ1v) is 3.90. The van der Waals surface area contributed by atoms with Crippen molar-refractivity contribution in [1.29, 1.82) is 0 Å². The lowest BCUT2D eigenvalue weighted by molar-refractivity contribution is -0.117. The maximum absolute atomic E-state index is 10.7. The van der Waals surface area contributed by atoms with Crippen LogP contribution in [0.3, 0.4) is 0 Å². The number of aromatic carboxylic acids is 1. The fraction of sp³-hybridized carbons (Fsp3) is 0.125. The van der Waals surface area contributed by atoms with Crippen molar-refractivity contribution in [2.24, 2.45) is 0 Å². The summed E-state index contributed by atoms with van der Waals surface area (Å²) in [5.74, 6) is -1.02. The average molecular weight is 193 g/mol. The highest BCUT2D eigenvalue weighted by molar-refractivity contribution is 5.91. The molecule has 0 radical (unpaired) electrons. The SMILES string of the molecule is O=CN1C=Cc2c(C(=O)O)cnn2C1. The smallest absolute Gasteiger partial charge is 0.339 e. The molecule has 72 valence electrons. The third-order valence-electron chi connectivity index (χ3n) is 1.97. The Kier molecular flexibility index (Phi) is 1.81. The number of carboxylic acid groups (broad SMARTS) is 1. The van der Waals surface area contributed by atoms with E-state index in [1.165, 1.54) is 22.0 Å². The van der Waals surface area contributed by atoms with Crippen molar-refractivity contribution in [3.63, 3.8) is 0 Å². The minimum absolute atomic E-state index is 0.145. The second kappa shape index (κ2) is 2.99. The third-order valence-corrected chi connectivity index (χ3v) is 1.97. The highest BCUT2D eigenvalue weighted by Gasteiger charge is 2.18. The van der Waals surface area contributed by atoms with Crippen molar-refractivity contribution < 1.29 is 14.7 Å². The zero-order valence-corrected chi connectivity index (χ0v) is 7.12. The summed E-state index contributed by atoms with van der Waals surface area (Å²) in [6, 6.07) is 0. The number of hydrogen-bond donors (Lipinski definition) is 1. The number of carbonyl (C=O) groups is 2. The predicted molar refractivity (Wildman–Crippen MR) is 46.1 cm³/mol. The molecule has 0 unspecified atom stereocenters. The molecule has 2 rings (SSSR count). The summed E-state index contributed by atoms with van der Waals surface area (Å²) < 4.78 is 1.46. The average Bonchev–Trinajstić information content (AvgIpc) is 2.59. The molecule has 0 saturated carbocycles. The monoisotopic (exact) mass is 193 g/mol. The molecular weight excluding hydrogens is 186 g/mol. The lowest BCUT2D eigenvalue weighted by atomic mass is 10.2. The number of hydrogen-bond acceptors (Lipinski definition) is 3. The Hall–Kier alpha value is -2.11. The van der Waals surface area contributed by atoms with Crippen molar-refractivity contribution in [3.8, 4) is 0 Å². The molecular formula is C8H7N3O3. The lowest BCUT2D eigenvalue weighted by Crippen LogP contribution is -2.24. The summed E-state index contributed by atoms with van der Waals surface area (Å²) in [5, 5.41) is 12.6. The van der Waals surface area contributed by atoms with Gasteiger partial charge in [0.2, 0.25) is 6.41 Å². The Morgan fingerprint density at radius 1 is 1.64 bits per heavy atom. The lowest BCUT2D eigenvalue weighted by Gasteiger charge is -2.17. The molecule has 1 aromatic rings. The van der Waals surface area contributed by atoms with Gasteiger partial charge in [-0.3, -0.25) is 4.79 Å². The van der Waals surface area contributed by atoms with Crippen LogP contribution >= 0.6 is 0 Å². The van der Waals surface area contributed by atoms with Crippen LogP contribution in [-0.4, -0.2) is 32.2 Å². The topological polar surface area (TPSA) is 75.4 Å². The van der Waals surface area contributed by atoms with E-state index in [4.69, 9.17) is 5.11 Å². The van der Waals surface area contributed by atoms with Crippen LogP contribution in [0.1, 0.15) is 16.1 Å². The van der Waals surface area contributed by atoms with E-state index >= 15 is 0 Å². The molecule has 14 heavy (non-hydrogen) atoms. The number of fused-ring (bicyclic) bond motifs is 1. The summed E-state index contributed by atoms with van der Waals surface area (Å²) in [7, 11) is 0. The van der Waals surface area contributed by atoms with Gasteiger partial charge in [0, 0.05) is 6.20 Å². The van der Waals surface area contributed by atoms with Gasteiger partial charge in [-0.25, -0.2) is 9.48 Å². The molecule has 6 nitrogen and oxygen atoms in total. The van der Waals surface area contributed by atoms with Gasteiger partial charge in [0.05, 0.1) is 11.9 Å². The van der Waals surface area contributed by atoms with E-state index in [9.17, 15) is 9.59 Å². The van der Waals surface area contributed by atoms with Gasteiger partial charge in [0.1, 0.15) is 12.2 Å². The number of amides is 1. The number of nitrogens with zero attached hydrogens (tertiary/aromatic N) is 3. The standard InChI is InChI=1S/C8H7N3O3/c12-5-10-2-1-7-6(8(13)14)3-9-11(7)4-10/h1-3,5H,4H2,(H,13,14). The van der Waals surface area contributed by atoms with Crippen molar-refractivity contribution in [2.75, 3.05) is 0 Å². The summed E-state index contributed by atoms with van der Waals surface area (Å²) in [6.45, 7) is 0.253. The Labute approximate surface area is 79.0 Å². The Morgan fingerprint density at radius 2 is 2.43 bits per heavy atom. The van der Waals surface area contributed by atoms with E-state index in [0.717, 1.165) is 0 Å². The van der Waals surface area contributed by atoms with Crippen LogP contribution in [0.15, 0.2) is 12.4 Å². The Bertz CT molecular complexity index is 421. The highest BCUT2D eigenvalue weighted by Crippen LogP contribution is 2.15. The van der Waals surface area contributed by atoms with Crippen molar-refractivity contribution in [2.45, 2.75) is 6.67 Å². The van der Waals surface area contributed by atoms with Crippen LogP contribution in [0.25, 0.3) is 6.08 Å². The van der Waals surface area contributed by atoms with Crippen LogP contribution in [0, 0.1) is 0 Å². The molecule has 2 heterocycles. The molecule has 0 saturated heterocycles. The van der Waals surface area contributed by atoms with Gasteiger partial charge >= 0.3 is 5.97 Å². The van der Waals surface area contributed by atoms with E-state index in [-0.39, 0.29) is 12.2 Å². The molecule has 1 aliphatic heterocycles. The van der Waals surface area contributed by atoms with Crippen LogP contribution < -0.4 is 0 Å². The summed E-state index contributed by atoms with van der Waals surface area (Å²) in [4.78, 5) is 22.5. The van der Waals surface area contributed by atoms with Crippen molar-refractivity contribution >= 4 is 18.5 Å². The summed E-state index contributed by atoms with van der Waals surface area (Å²) in [5.41, 5.74) is 0.655. The van der Waals surface area contributed by atoms with Gasteiger partial charge in [-0.1, -0.05) is 0 Å². The van der Waals surface area contributed by atoms with Gasteiger partial charge < -0.3 is 10.0 Å². The molecule has 0 fully saturated rings. The number of rotatable bonds is 2. The van der Waals surface area contributed by atoms with Crippen LogP contribution in [0.2, 0.25) is 0 Å². The van der Waals surface area contributed by atoms with E-state index in [0.29, 0.717) is 12.1 Å². The molecule has 1 aliphatic rings. The quantitative estimate of drug-likeness (QED) is 0.670. The zero-order valence-electron chi connectivity index (χ0n) is 7.12. The molecule has 1 N–H and O–H groups in total. The molecule has 0 atom stereocenters. The Morgan fingerprint density at radius 3 is 3.07 bits per heavy atom. The summed E-state index contributed by atoms with van der Waals surface area (Å²) >= 11 is 0. The van der Waals surface area contributed by atoms with E-state index in [2.05, 4.69) is 5.10 Å². The van der Waals surface area contributed by atoms with Gasteiger partial charge in [-0.15, -0.1) is 0 Å². The van der Waals surface area contributed by atoms with Crippen molar-refractivity contribution in [1.82, 2.24) is 14.7 Å². The second-order valence-electron chi connectivity index (χ2n) is 2.82. The fourth-order valence-electron chi connectivity index (χ4n) is 1.28. The molecule has 0 aliphatic carbocycles. The van der Waals surface area contributed by atoms with E-state index in [1.807, 2.05) is 0 Å². The first-order valence-electron chi connectivity index (χ1n) is 3.90. The van der Waals surface area contributed by atoms with Gasteiger partial charge in [0.15, 0.2) is 0 Å².